The van der Waals surface area contributed by atoms with E-state index in [4.69, 9.17) is 9.47 Å². The van der Waals surface area contributed by atoms with Crippen molar-refractivity contribution in [1.82, 2.24) is 0 Å². The van der Waals surface area contributed by atoms with Crippen LogP contribution in [0.4, 0.5) is 0 Å². The highest BCUT2D eigenvalue weighted by Gasteiger charge is 2.37. The van der Waals surface area contributed by atoms with Gasteiger partial charge in [-0.1, -0.05) is 64.6 Å². The quantitative estimate of drug-likeness (QED) is 0.232. The summed E-state index contributed by atoms with van der Waals surface area (Å²) in [5.74, 6) is -0.945. The predicted octanol–water partition coefficient (Wildman–Crippen LogP) is 6.31. The summed E-state index contributed by atoms with van der Waals surface area (Å²) in [4.78, 5) is 24.7. The molecule has 1 aliphatic rings. The summed E-state index contributed by atoms with van der Waals surface area (Å²) in [5, 5.41) is 0. The van der Waals surface area contributed by atoms with Crippen LogP contribution in [0.3, 0.4) is 0 Å². The molecule has 0 spiro atoms. The molecule has 0 saturated heterocycles. The zero-order valence-corrected chi connectivity index (χ0v) is 19.7. The fraction of sp³-hybridized carbons (Fsp3) is 0.357. The maximum atomic E-state index is 12.5. The molecule has 0 N–H and O–H groups in total. The highest BCUT2D eigenvalue weighted by molar-refractivity contribution is 5.95. The molecule has 0 aromatic heterocycles. The van der Waals surface area contributed by atoms with Gasteiger partial charge in [0.15, 0.2) is 0 Å². The number of aryl methyl sites for hydroxylation is 1. The van der Waals surface area contributed by atoms with E-state index in [9.17, 15) is 9.59 Å². The van der Waals surface area contributed by atoms with Crippen LogP contribution in [0.2, 0.25) is 0 Å². The minimum atomic E-state index is -0.562. The summed E-state index contributed by atoms with van der Waals surface area (Å²) in [6.45, 7) is 14.8. The third kappa shape index (κ3) is 5.01. The van der Waals surface area contributed by atoms with Crippen molar-refractivity contribution >= 4 is 18.0 Å². The Kier molecular flexibility index (Phi) is 6.73. The van der Waals surface area contributed by atoms with Gasteiger partial charge in [0.25, 0.3) is 0 Å². The summed E-state index contributed by atoms with van der Waals surface area (Å²) in [7, 11) is 0. The van der Waals surface area contributed by atoms with E-state index >= 15 is 0 Å². The largest absolute Gasteiger partial charge is 0.458 e. The fourth-order valence-electron chi connectivity index (χ4n) is 4.16. The van der Waals surface area contributed by atoms with E-state index in [2.05, 4.69) is 53.3 Å². The molecule has 0 atom stereocenters. The maximum absolute atomic E-state index is 12.5. The molecule has 168 valence electrons. The first kappa shape index (κ1) is 23.5. The normalized spacial score (nSPS) is 16.3. The molecule has 2 aromatic carbocycles. The highest BCUT2D eigenvalue weighted by atomic mass is 16.5. The van der Waals surface area contributed by atoms with Crippen molar-refractivity contribution in [1.29, 1.82) is 0 Å². The first-order valence-electron chi connectivity index (χ1n) is 11.0. The second kappa shape index (κ2) is 9.15. The third-order valence-electron chi connectivity index (χ3n) is 6.29. The second-order valence-electron chi connectivity index (χ2n) is 9.66. The second-order valence-corrected chi connectivity index (χ2v) is 9.66. The molecule has 0 fully saturated rings. The number of fused-ring (bicyclic) bond motifs is 1. The topological polar surface area (TPSA) is 52.6 Å². The van der Waals surface area contributed by atoms with Crippen LogP contribution in [0.5, 0.6) is 5.75 Å². The van der Waals surface area contributed by atoms with Crippen LogP contribution in [-0.4, -0.2) is 18.5 Å². The van der Waals surface area contributed by atoms with Gasteiger partial charge < -0.3 is 9.47 Å². The number of carbonyl (C=O) groups is 2. The monoisotopic (exact) mass is 432 g/mol. The first-order valence-corrected chi connectivity index (χ1v) is 11.0. The van der Waals surface area contributed by atoms with E-state index in [1.54, 1.807) is 30.3 Å². The van der Waals surface area contributed by atoms with Crippen molar-refractivity contribution in [3.05, 3.63) is 82.9 Å². The van der Waals surface area contributed by atoms with Crippen molar-refractivity contribution in [2.75, 3.05) is 6.61 Å². The Morgan fingerprint density at radius 1 is 1.03 bits per heavy atom. The Bertz CT molecular complexity index is 1070. The van der Waals surface area contributed by atoms with E-state index in [0.29, 0.717) is 0 Å². The minimum absolute atomic E-state index is 0.0891. The van der Waals surface area contributed by atoms with Crippen molar-refractivity contribution < 1.29 is 19.1 Å². The smallest absolute Gasteiger partial charge is 0.342 e. The van der Waals surface area contributed by atoms with E-state index in [1.165, 1.54) is 23.3 Å². The molecule has 0 bridgehead atoms. The molecule has 0 aliphatic heterocycles. The molecule has 1 aliphatic carbocycles. The van der Waals surface area contributed by atoms with Gasteiger partial charge in [-0.3, -0.25) is 0 Å². The number of para-hydroxylation sites is 1. The molecule has 0 saturated carbocycles. The number of benzene rings is 2. The summed E-state index contributed by atoms with van der Waals surface area (Å²) in [5.41, 5.74) is 5.26. The van der Waals surface area contributed by atoms with Crippen LogP contribution in [-0.2, 0) is 20.4 Å². The van der Waals surface area contributed by atoms with Gasteiger partial charge in [0.1, 0.15) is 17.9 Å². The van der Waals surface area contributed by atoms with Crippen molar-refractivity contribution in [2.45, 2.75) is 58.3 Å². The minimum Gasteiger partial charge on any atom is -0.458 e. The van der Waals surface area contributed by atoms with Gasteiger partial charge in [-0.2, -0.15) is 0 Å². The Labute approximate surface area is 190 Å². The van der Waals surface area contributed by atoms with Gasteiger partial charge in [0.2, 0.25) is 0 Å². The lowest BCUT2D eigenvalue weighted by Crippen LogP contribution is -2.34. The number of carbonyl (C=O) groups excluding carboxylic acids is 2. The van der Waals surface area contributed by atoms with Crippen LogP contribution in [0, 0.1) is 6.92 Å². The van der Waals surface area contributed by atoms with Crippen LogP contribution in [0.1, 0.15) is 73.1 Å². The molecule has 0 amide bonds. The molecule has 0 radical (unpaired) electrons. The molecule has 3 rings (SSSR count). The van der Waals surface area contributed by atoms with Crippen molar-refractivity contribution in [2.24, 2.45) is 0 Å². The highest BCUT2D eigenvalue weighted by Crippen LogP contribution is 2.46. The molecular formula is C28H32O4. The number of esters is 2. The van der Waals surface area contributed by atoms with Crippen LogP contribution >= 0.6 is 0 Å². The predicted molar refractivity (Wildman–Crippen MR) is 128 cm³/mol. The SMILES string of the molecule is C=CCOC(=O)c1ccccc1OC(=O)/C=C/c1cc2c(cc1C)C(C)(C)CCC2(C)C. The fourth-order valence-corrected chi connectivity index (χ4v) is 4.16. The van der Waals surface area contributed by atoms with Gasteiger partial charge in [-0.25, -0.2) is 9.59 Å². The van der Waals surface area contributed by atoms with Crippen LogP contribution in [0.15, 0.2) is 55.1 Å². The number of hydrogen-bond acceptors (Lipinski definition) is 4. The van der Waals surface area contributed by atoms with E-state index in [0.717, 1.165) is 24.0 Å². The Morgan fingerprint density at radius 3 is 2.31 bits per heavy atom. The van der Waals surface area contributed by atoms with Gasteiger partial charge in [-0.05, 0) is 71.1 Å². The molecule has 0 unspecified atom stereocenters. The van der Waals surface area contributed by atoms with Crippen molar-refractivity contribution in [3.8, 4) is 5.75 Å². The van der Waals surface area contributed by atoms with Gasteiger partial charge in [0.05, 0.1) is 0 Å². The summed E-state index contributed by atoms with van der Waals surface area (Å²) in [6, 6.07) is 11.0. The van der Waals surface area contributed by atoms with Gasteiger partial charge >= 0.3 is 11.9 Å². The van der Waals surface area contributed by atoms with E-state index in [1.807, 2.05) is 0 Å². The molecule has 4 heteroatoms. The average Bonchev–Trinajstić information content (AvgIpc) is 2.74. The lowest BCUT2D eigenvalue weighted by molar-refractivity contribution is -0.128. The Balaban J connectivity index is 1.83. The number of hydrogen-bond donors (Lipinski definition) is 0. The zero-order valence-electron chi connectivity index (χ0n) is 19.7. The summed E-state index contributed by atoms with van der Waals surface area (Å²) in [6.07, 6.45) is 6.96. The summed E-state index contributed by atoms with van der Waals surface area (Å²) >= 11 is 0. The Morgan fingerprint density at radius 2 is 1.66 bits per heavy atom. The average molecular weight is 433 g/mol. The Hall–Kier alpha value is -3.14. The standard InChI is InChI=1S/C28H32O4/c1-7-16-31-26(30)21-10-8-9-11-24(21)32-25(29)13-12-20-18-23-22(17-19(20)2)27(3,4)14-15-28(23,5)6/h7-13,17-18H,1,14-16H2,2-6H3/b13-12+. The molecular weight excluding hydrogens is 400 g/mol. The van der Waals surface area contributed by atoms with Gasteiger partial charge in [-0.15, -0.1) is 0 Å². The van der Waals surface area contributed by atoms with Gasteiger partial charge in [0, 0.05) is 6.08 Å². The number of ether oxygens (including phenoxy) is 2. The molecule has 4 nitrogen and oxygen atoms in total. The van der Waals surface area contributed by atoms with Crippen LogP contribution < -0.4 is 4.74 Å². The van der Waals surface area contributed by atoms with E-state index < -0.39 is 11.9 Å². The van der Waals surface area contributed by atoms with Crippen LogP contribution in [0.25, 0.3) is 6.08 Å². The molecule has 32 heavy (non-hydrogen) atoms. The zero-order chi connectivity index (χ0) is 23.5. The number of rotatable bonds is 6. The molecule has 2 aromatic rings. The maximum Gasteiger partial charge on any atom is 0.342 e. The third-order valence-corrected chi connectivity index (χ3v) is 6.29. The van der Waals surface area contributed by atoms with Crippen molar-refractivity contribution in [3.63, 3.8) is 0 Å². The lowest BCUT2D eigenvalue weighted by Gasteiger charge is -2.42. The summed E-state index contributed by atoms with van der Waals surface area (Å²) < 4.78 is 10.5. The van der Waals surface area contributed by atoms with E-state index in [-0.39, 0.29) is 28.7 Å². The first-order chi connectivity index (χ1) is 15.0. The lowest BCUT2D eigenvalue weighted by atomic mass is 9.62. The molecule has 0 heterocycles.